The van der Waals surface area contributed by atoms with Crippen molar-refractivity contribution < 1.29 is 5.11 Å². The van der Waals surface area contributed by atoms with E-state index in [0.29, 0.717) is 11.3 Å². The van der Waals surface area contributed by atoms with Crippen molar-refractivity contribution in [1.82, 2.24) is 4.98 Å². The van der Waals surface area contributed by atoms with Gasteiger partial charge < -0.3 is 5.11 Å². The molecule has 0 fully saturated rings. The number of thiazole rings is 1. The summed E-state index contributed by atoms with van der Waals surface area (Å²) in [5.41, 5.74) is 3.06. The molecule has 106 valence electrons. The fourth-order valence-corrected chi connectivity index (χ4v) is 2.84. The van der Waals surface area contributed by atoms with Gasteiger partial charge in [0.1, 0.15) is 16.8 Å². The first kappa shape index (κ1) is 14.1. The highest BCUT2D eigenvalue weighted by atomic mass is 32.1. The van der Waals surface area contributed by atoms with Crippen molar-refractivity contribution >= 4 is 23.0 Å². The van der Waals surface area contributed by atoms with E-state index in [9.17, 15) is 10.4 Å². The first-order valence-electron chi connectivity index (χ1n) is 6.68. The molecule has 0 amide bonds. The van der Waals surface area contributed by atoms with Crippen LogP contribution in [0.3, 0.4) is 0 Å². The van der Waals surface area contributed by atoms with Gasteiger partial charge in [-0.15, -0.1) is 11.3 Å². The smallest absolute Gasteiger partial charge is 0.124 e. The first-order chi connectivity index (χ1) is 10.8. The van der Waals surface area contributed by atoms with Gasteiger partial charge in [-0.05, 0) is 23.8 Å². The van der Waals surface area contributed by atoms with Gasteiger partial charge >= 0.3 is 0 Å². The van der Waals surface area contributed by atoms with E-state index in [1.807, 2.05) is 35.7 Å². The third-order valence-electron chi connectivity index (χ3n) is 3.13. The van der Waals surface area contributed by atoms with Gasteiger partial charge in [-0.1, -0.05) is 42.5 Å². The van der Waals surface area contributed by atoms with E-state index < -0.39 is 0 Å². The molecule has 2 aromatic carbocycles. The van der Waals surface area contributed by atoms with Crippen LogP contribution in [0.1, 0.15) is 11.3 Å². The van der Waals surface area contributed by atoms with Crippen molar-refractivity contribution in [2.45, 2.75) is 0 Å². The van der Waals surface area contributed by atoms with Crippen molar-refractivity contribution in [3.63, 3.8) is 0 Å². The average Bonchev–Trinajstić information content (AvgIpc) is 3.05. The number of benzene rings is 2. The van der Waals surface area contributed by atoms with Crippen LogP contribution in [0.4, 0.5) is 0 Å². The summed E-state index contributed by atoms with van der Waals surface area (Å²) in [5, 5.41) is 21.4. The maximum Gasteiger partial charge on any atom is 0.124 e. The Morgan fingerprint density at radius 3 is 2.50 bits per heavy atom. The Bertz CT molecular complexity index is 843. The lowest BCUT2D eigenvalue weighted by atomic mass is 10.1. The molecule has 1 heterocycles. The van der Waals surface area contributed by atoms with Crippen molar-refractivity contribution in [3.05, 3.63) is 71.2 Å². The summed E-state index contributed by atoms with van der Waals surface area (Å²) in [6, 6.07) is 18.8. The van der Waals surface area contributed by atoms with Crippen LogP contribution in [-0.2, 0) is 0 Å². The van der Waals surface area contributed by atoms with Crippen LogP contribution in [-0.4, -0.2) is 10.1 Å². The number of aromatic hydroxyl groups is 1. The molecule has 0 aliphatic heterocycles. The number of nitriles is 1. The largest absolute Gasteiger partial charge is 0.508 e. The maximum atomic E-state index is 9.37. The molecule has 0 atom stereocenters. The number of phenols is 1. The lowest BCUT2D eigenvalue weighted by Gasteiger charge is -1.97. The van der Waals surface area contributed by atoms with Gasteiger partial charge in [0, 0.05) is 10.9 Å². The van der Waals surface area contributed by atoms with Crippen LogP contribution in [0, 0.1) is 11.3 Å². The average molecular weight is 304 g/mol. The lowest BCUT2D eigenvalue weighted by Crippen LogP contribution is -1.83. The van der Waals surface area contributed by atoms with Gasteiger partial charge in [0.2, 0.25) is 0 Å². The number of hydrogen-bond donors (Lipinski definition) is 1. The van der Waals surface area contributed by atoms with Crippen molar-refractivity contribution in [2.24, 2.45) is 0 Å². The number of aromatic nitrogens is 1. The molecule has 3 nitrogen and oxygen atoms in total. The molecule has 0 saturated heterocycles. The fourth-order valence-electron chi connectivity index (χ4n) is 2.01. The molecule has 4 heteroatoms. The Morgan fingerprint density at radius 1 is 1.09 bits per heavy atom. The maximum absolute atomic E-state index is 9.37. The minimum absolute atomic E-state index is 0.204. The molecule has 0 unspecified atom stereocenters. The summed E-state index contributed by atoms with van der Waals surface area (Å²) >= 11 is 1.52. The monoisotopic (exact) mass is 304 g/mol. The second kappa shape index (κ2) is 6.25. The zero-order valence-corrected chi connectivity index (χ0v) is 12.4. The summed E-state index contributed by atoms with van der Waals surface area (Å²) in [5.74, 6) is 0.204. The second-order valence-corrected chi connectivity index (χ2v) is 5.52. The molecule has 0 aliphatic carbocycles. The Balaban J connectivity index is 1.94. The van der Waals surface area contributed by atoms with Crippen molar-refractivity contribution in [1.29, 1.82) is 5.26 Å². The third kappa shape index (κ3) is 3.05. The lowest BCUT2D eigenvalue weighted by molar-refractivity contribution is 0.475. The van der Waals surface area contributed by atoms with Gasteiger partial charge in [0.05, 0.1) is 11.3 Å². The van der Waals surface area contributed by atoms with Gasteiger partial charge in [0.15, 0.2) is 0 Å². The number of phenolic OH excluding ortho intramolecular Hbond substituents is 1. The van der Waals surface area contributed by atoms with E-state index in [1.165, 1.54) is 11.3 Å². The standard InChI is InChI=1S/C18H12N2OS/c19-11-15(10-13-6-8-16(21)9-7-13)17-12-22-18(20-17)14-4-2-1-3-5-14/h1-10,12,21H. The predicted molar refractivity (Wildman–Crippen MR) is 89.1 cm³/mol. The fraction of sp³-hybridized carbons (Fsp3) is 0. The first-order valence-corrected chi connectivity index (χ1v) is 7.56. The Kier molecular flexibility index (Phi) is 3.99. The summed E-state index contributed by atoms with van der Waals surface area (Å²) in [4.78, 5) is 4.54. The SMILES string of the molecule is N#CC(=Cc1ccc(O)cc1)c1csc(-c2ccccc2)n1. The summed E-state index contributed by atoms with van der Waals surface area (Å²) in [7, 11) is 0. The number of rotatable bonds is 3. The highest BCUT2D eigenvalue weighted by Gasteiger charge is 2.08. The highest BCUT2D eigenvalue weighted by molar-refractivity contribution is 7.13. The molecule has 22 heavy (non-hydrogen) atoms. The Morgan fingerprint density at radius 2 is 1.82 bits per heavy atom. The molecular weight excluding hydrogens is 292 g/mol. The molecule has 1 N–H and O–H groups in total. The van der Waals surface area contributed by atoms with E-state index >= 15 is 0 Å². The molecule has 0 aliphatic rings. The van der Waals surface area contributed by atoms with Crippen molar-refractivity contribution in [2.75, 3.05) is 0 Å². The van der Waals surface area contributed by atoms with E-state index in [4.69, 9.17) is 0 Å². The minimum atomic E-state index is 0.204. The molecule has 0 radical (unpaired) electrons. The van der Waals surface area contributed by atoms with Gasteiger partial charge in [0.25, 0.3) is 0 Å². The molecule has 1 aromatic heterocycles. The van der Waals surface area contributed by atoms with Gasteiger partial charge in [-0.3, -0.25) is 0 Å². The van der Waals surface area contributed by atoms with Crippen LogP contribution in [0.5, 0.6) is 5.75 Å². The normalized spacial score (nSPS) is 11.1. The molecule has 3 aromatic rings. The van der Waals surface area contributed by atoms with Crippen LogP contribution >= 0.6 is 11.3 Å². The highest BCUT2D eigenvalue weighted by Crippen LogP contribution is 2.27. The molecular formula is C18H12N2OS. The molecule has 0 spiro atoms. The third-order valence-corrected chi connectivity index (χ3v) is 4.02. The summed E-state index contributed by atoms with van der Waals surface area (Å²) in [6.45, 7) is 0. The van der Waals surface area contributed by atoms with Gasteiger partial charge in [-0.25, -0.2) is 4.98 Å². The Hall–Kier alpha value is -2.90. The number of nitrogens with zero attached hydrogens (tertiary/aromatic N) is 2. The summed E-state index contributed by atoms with van der Waals surface area (Å²) in [6.07, 6.45) is 1.77. The molecule has 0 bridgehead atoms. The molecule has 0 saturated carbocycles. The van der Waals surface area contributed by atoms with E-state index in [1.54, 1.807) is 30.3 Å². The van der Waals surface area contributed by atoms with Crippen LogP contribution in [0.25, 0.3) is 22.2 Å². The van der Waals surface area contributed by atoms with E-state index in [0.717, 1.165) is 16.1 Å². The predicted octanol–water partition coefficient (Wildman–Crippen LogP) is 4.58. The molecule has 3 rings (SSSR count). The zero-order valence-electron chi connectivity index (χ0n) is 11.6. The Labute approximate surface area is 132 Å². The van der Waals surface area contributed by atoms with E-state index in [2.05, 4.69) is 11.1 Å². The zero-order chi connectivity index (χ0) is 15.4. The minimum Gasteiger partial charge on any atom is -0.508 e. The van der Waals surface area contributed by atoms with E-state index in [-0.39, 0.29) is 5.75 Å². The summed E-state index contributed by atoms with van der Waals surface area (Å²) < 4.78 is 0. The topological polar surface area (TPSA) is 56.9 Å². The van der Waals surface area contributed by atoms with Crippen LogP contribution in [0.2, 0.25) is 0 Å². The van der Waals surface area contributed by atoms with Crippen LogP contribution < -0.4 is 0 Å². The van der Waals surface area contributed by atoms with Crippen LogP contribution in [0.15, 0.2) is 60.0 Å². The second-order valence-electron chi connectivity index (χ2n) is 4.67. The number of hydrogen-bond acceptors (Lipinski definition) is 4. The number of allylic oxidation sites excluding steroid dienone is 1. The van der Waals surface area contributed by atoms with Gasteiger partial charge in [-0.2, -0.15) is 5.26 Å². The van der Waals surface area contributed by atoms with Crippen molar-refractivity contribution in [3.8, 4) is 22.4 Å². The quantitative estimate of drug-likeness (QED) is 0.720.